The van der Waals surface area contributed by atoms with Crippen molar-refractivity contribution in [2.75, 3.05) is 0 Å². The second-order valence-corrected chi connectivity index (χ2v) is 24.1. The van der Waals surface area contributed by atoms with Gasteiger partial charge < -0.3 is 14.4 Å². The van der Waals surface area contributed by atoms with Crippen molar-refractivity contribution in [3.05, 3.63) is 108 Å². The summed E-state index contributed by atoms with van der Waals surface area (Å²) < 4.78 is 6.32. The van der Waals surface area contributed by atoms with Gasteiger partial charge >= 0.3 is 0 Å². The SMILES string of the molecule is CC(C)(C)Cc1cc(-c2[c-]cccc2)ncc1[Si](C)(C)C.CC(C)(C)c1ccc2c(n1)oc1c(-c3cc(CC4CC5CCC4CC5)ccn3)[c-]ccc12.[Ir]. The van der Waals surface area contributed by atoms with Crippen molar-refractivity contribution in [2.24, 2.45) is 23.2 Å². The van der Waals surface area contributed by atoms with Gasteiger partial charge in [0.1, 0.15) is 0 Å². The van der Waals surface area contributed by atoms with E-state index in [0.29, 0.717) is 5.71 Å². The molecule has 3 saturated carbocycles. The van der Waals surface area contributed by atoms with Gasteiger partial charge in [0.2, 0.25) is 5.71 Å². The monoisotopic (exact) mass is 912 g/mol. The van der Waals surface area contributed by atoms with E-state index in [1.165, 1.54) is 54.8 Å². The number of rotatable bonds is 6. The Labute approximate surface area is 338 Å². The van der Waals surface area contributed by atoms with E-state index in [0.717, 1.165) is 68.7 Å². The molecule has 0 N–H and O–H groups in total. The molecule has 2 bridgehead atoms. The fourth-order valence-electron chi connectivity index (χ4n) is 8.63. The van der Waals surface area contributed by atoms with Gasteiger partial charge in [-0.15, -0.1) is 54.1 Å². The fraction of sp³-hybridized carbons (Fsp3) is 0.438. The molecule has 4 nitrogen and oxygen atoms in total. The Kier molecular flexibility index (Phi) is 11.9. The van der Waals surface area contributed by atoms with Crippen LogP contribution in [0.15, 0.2) is 83.5 Å². The molecular formula is C48H57IrN3OSi-2. The van der Waals surface area contributed by atoms with Crippen LogP contribution in [0.3, 0.4) is 0 Å². The van der Waals surface area contributed by atoms with Crippen molar-refractivity contribution >= 4 is 35.3 Å². The van der Waals surface area contributed by atoms with E-state index >= 15 is 0 Å². The van der Waals surface area contributed by atoms with Gasteiger partial charge in [0, 0.05) is 49.0 Å². The average Bonchev–Trinajstić information content (AvgIpc) is 3.50. The summed E-state index contributed by atoms with van der Waals surface area (Å²) in [5, 5.41) is 3.62. The van der Waals surface area contributed by atoms with Crippen molar-refractivity contribution in [1.82, 2.24) is 15.0 Å². The van der Waals surface area contributed by atoms with Gasteiger partial charge in [-0.3, -0.25) is 0 Å². The third kappa shape index (κ3) is 9.15. The molecule has 6 aromatic rings. The topological polar surface area (TPSA) is 51.8 Å². The minimum Gasteiger partial charge on any atom is -0.486 e. The molecule has 1 atom stereocenters. The first-order chi connectivity index (χ1) is 25.1. The van der Waals surface area contributed by atoms with Crippen LogP contribution in [0.5, 0.6) is 0 Å². The van der Waals surface area contributed by atoms with Gasteiger partial charge in [-0.25, -0.2) is 4.98 Å². The van der Waals surface area contributed by atoms with Crippen LogP contribution in [0.25, 0.3) is 44.6 Å². The Bertz CT molecular complexity index is 2200. The first-order valence-corrected chi connectivity index (χ1v) is 23.3. The maximum atomic E-state index is 6.32. The molecule has 0 aliphatic heterocycles. The number of nitrogens with zero attached hydrogens (tertiary/aromatic N) is 3. The quantitative estimate of drug-likeness (QED) is 0.123. The van der Waals surface area contributed by atoms with Gasteiger partial charge in [-0.05, 0) is 90.0 Å². The Hall–Kier alpha value is -3.44. The maximum Gasteiger partial charge on any atom is 0.216 e. The normalized spacial score (nSPS) is 18.6. The van der Waals surface area contributed by atoms with Crippen LogP contribution in [0, 0.1) is 35.3 Å². The standard InChI is InChI=1S/C29H31N2O.C19H26NSi.Ir/c1-29(2,3)26-12-11-23-22-5-4-6-24(27(22)32-28(23)31-26)25-17-19(13-14-30-25)16-21-15-18-7-9-20(21)10-8-18;1-19(2,3)13-16-12-17(15-10-8-7-9-11-15)20-14-18(16)21(4,5)6;/h4-5,11-14,17-18,20-21H,7-10,15-16H2,1-3H3;7-10,12,14H,13H2,1-6H3;/q2*-1;. The van der Waals surface area contributed by atoms with Crippen LogP contribution in [-0.4, -0.2) is 23.0 Å². The van der Waals surface area contributed by atoms with E-state index in [2.05, 4.69) is 122 Å². The molecule has 9 rings (SSSR count). The second kappa shape index (κ2) is 16.0. The van der Waals surface area contributed by atoms with E-state index in [1.807, 2.05) is 30.5 Å². The molecule has 6 heteroatoms. The van der Waals surface area contributed by atoms with E-state index < -0.39 is 8.07 Å². The molecule has 1 unspecified atom stereocenters. The Morgan fingerprint density at radius 1 is 0.815 bits per heavy atom. The fourth-order valence-corrected chi connectivity index (χ4v) is 10.2. The summed E-state index contributed by atoms with van der Waals surface area (Å²) in [4.78, 5) is 14.3. The van der Waals surface area contributed by atoms with Gasteiger partial charge in [0.05, 0.1) is 13.7 Å². The van der Waals surface area contributed by atoms with Crippen LogP contribution < -0.4 is 5.19 Å². The predicted octanol–water partition coefficient (Wildman–Crippen LogP) is 12.2. The minimum absolute atomic E-state index is 0. The summed E-state index contributed by atoms with van der Waals surface area (Å²) in [5.41, 5.74) is 9.69. The number of pyridine rings is 3. The van der Waals surface area contributed by atoms with E-state index in [4.69, 9.17) is 19.4 Å². The zero-order valence-corrected chi connectivity index (χ0v) is 37.2. The Morgan fingerprint density at radius 3 is 2.24 bits per heavy atom. The van der Waals surface area contributed by atoms with Gasteiger partial charge in [0.25, 0.3) is 0 Å². The van der Waals surface area contributed by atoms with Gasteiger partial charge in [-0.1, -0.05) is 108 Å². The molecule has 1 radical (unpaired) electrons. The molecule has 3 aliphatic carbocycles. The van der Waals surface area contributed by atoms with Crippen LogP contribution >= 0.6 is 0 Å². The molecule has 3 aliphatic rings. The van der Waals surface area contributed by atoms with E-state index in [1.54, 1.807) is 0 Å². The second-order valence-electron chi connectivity index (χ2n) is 19.0. The van der Waals surface area contributed by atoms with Gasteiger partial charge in [0.15, 0.2) is 0 Å². The predicted molar refractivity (Wildman–Crippen MR) is 224 cm³/mol. The average molecular weight is 912 g/mol. The number of furan rings is 1. The molecule has 2 aromatic carbocycles. The largest absolute Gasteiger partial charge is 0.486 e. The van der Waals surface area contributed by atoms with Crippen molar-refractivity contribution in [3.63, 3.8) is 0 Å². The summed E-state index contributed by atoms with van der Waals surface area (Å²) in [6.07, 6.45) is 13.5. The number of benzene rings is 2. The number of hydrogen-bond acceptors (Lipinski definition) is 4. The summed E-state index contributed by atoms with van der Waals surface area (Å²) in [6, 6.07) is 29.8. The van der Waals surface area contributed by atoms with Crippen molar-refractivity contribution in [2.45, 2.75) is 112 Å². The molecule has 0 amide bonds. The van der Waals surface area contributed by atoms with Gasteiger partial charge in [-0.2, -0.15) is 0 Å². The number of aromatic nitrogens is 3. The summed E-state index contributed by atoms with van der Waals surface area (Å²) in [5.74, 6) is 2.73. The third-order valence-electron chi connectivity index (χ3n) is 11.3. The molecule has 0 spiro atoms. The van der Waals surface area contributed by atoms with E-state index in [-0.39, 0.29) is 30.9 Å². The number of hydrogen-bond donors (Lipinski definition) is 0. The van der Waals surface area contributed by atoms with E-state index in [9.17, 15) is 0 Å². The molecular weight excluding hydrogens is 855 g/mol. The van der Waals surface area contributed by atoms with Crippen LogP contribution in [0.2, 0.25) is 19.6 Å². The molecule has 0 saturated heterocycles. The molecule has 4 aromatic heterocycles. The summed E-state index contributed by atoms with van der Waals surface area (Å²) in [6.45, 7) is 20.6. The molecule has 4 heterocycles. The summed E-state index contributed by atoms with van der Waals surface area (Å²) >= 11 is 0. The zero-order valence-electron chi connectivity index (χ0n) is 33.8. The number of fused-ring (bicyclic) bond motifs is 6. The van der Waals surface area contributed by atoms with Crippen LogP contribution in [0.1, 0.15) is 90.5 Å². The van der Waals surface area contributed by atoms with Crippen LogP contribution in [-0.2, 0) is 38.4 Å². The van der Waals surface area contributed by atoms with Crippen molar-refractivity contribution in [1.29, 1.82) is 0 Å². The molecule has 285 valence electrons. The van der Waals surface area contributed by atoms with Crippen molar-refractivity contribution in [3.8, 4) is 22.5 Å². The maximum absolute atomic E-state index is 6.32. The minimum atomic E-state index is -1.37. The molecule has 3 fully saturated rings. The smallest absolute Gasteiger partial charge is 0.216 e. The third-order valence-corrected chi connectivity index (χ3v) is 13.4. The Morgan fingerprint density at radius 2 is 1.59 bits per heavy atom. The molecule has 54 heavy (non-hydrogen) atoms. The van der Waals surface area contributed by atoms with Crippen molar-refractivity contribution < 1.29 is 24.5 Å². The summed E-state index contributed by atoms with van der Waals surface area (Å²) in [7, 11) is -1.37. The first kappa shape index (κ1) is 40.2. The first-order valence-electron chi connectivity index (χ1n) is 19.8. The Balaban J connectivity index is 0.000000198. The zero-order chi connectivity index (χ0) is 37.5. The van der Waals surface area contributed by atoms with Crippen LogP contribution in [0.4, 0.5) is 0 Å².